The lowest BCUT2D eigenvalue weighted by atomic mass is 10.1. The molecule has 0 aliphatic carbocycles. The van der Waals surface area contributed by atoms with Crippen LogP contribution >= 0.6 is 11.9 Å². The fourth-order valence-electron chi connectivity index (χ4n) is 1.37. The quantitative estimate of drug-likeness (QED) is 0.776. The highest BCUT2D eigenvalue weighted by Gasteiger charge is 2.05. The zero-order valence-electron chi connectivity index (χ0n) is 9.92. The Morgan fingerprint density at radius 3 is 2.81 bits per heavy atom. The number of ether oxygens (including phenoxy) is 1. The second-order valence-corrected chi connectivity index (χ2v) is 4.33. The van der Waals surface area contributed by atoms with E-state index in [-0.39, 0.29) is 11.9 Å². The third-order valence-corrected chi connectivity index (χ3v) is 2.65. The van der Waals surface area contributed by atoms with Crippen molar-refractivity contribution in [1.82, 2.24) is 4.72 Å². The van der Waals surface area contributed by atoms with Crippen LogP contribution in [-0.4, -0.2) is 18.9 Å². The molecule has 0 heterocycles. The first-order valence-corrected chi connectivity index (χ1v) is 6.60. The van der Waals surface area contributed by atoms with E-state index >= 15 is 0 Å². The van der Waals surface area contributed by atoms with Crippen LogP contribution in [0.4, 0.5) is 4.39 Å². The van der Waals surface area contributed by atoms with Gasteiger partial charge in [0.2, 0.25) is 0 Å². The van der Waals surface area contributed by atoms with Crippen molar-refractivity contribution in [3.8, 4) is 5.75 Å². The Bertz CT molecular complexity index is 333. The molecule has 0 saturated carbocycles. The van der Waals surface area contributed by atoms with Gasteiger partial charge >= 0.3 is 0 Å². The minimum absolute atomic E-state index is 0.0268. The number of nitrogens with one attached hydrogen (secondary N) is 1. The average Bonchev–Trinajstić information content (AvgIpc) is 2.25. The van der Waals surface area contributed by atoms with Crippen molar-refractivity contribution in [2.45, 2.75) is 26.4 Å². The fourth-order valence-corrected chi connectivity index (χ4v) is 1.77. The lowest BCUT2D eigenvalue weighted by Crippen LogP contribution is -2.24. The highest BCUT2D eigenvalue weighted by atomic mass is 32.2. The summed E-state index contributed by atoms with van der Waals surface area (Å²) in [5, 5.41) is 0. The Morgan fingerprint density at radius 2 is 2.19 bits per heavy atom. The third kappa shape index (κ3) is 4.41. The van der Waals surface area contributed by atoms with E-state index in [1.165, 1.54) is 12.1 Å². The van der Waals surface area contributed by atoms with Gasteiger partial charge in [0.05, 0.1) is 0 Å². The molecule has 4 heteroatoms. The molecule has 0 unspecified atom stereocenters. The zero-order chi connectivity index (χ0) is 12.0. The average molecular weight is 243 g/mol. The van der Waals surface area contributed by atoms with Gasteiger partial charge in [0.15, 0.2) is 0 Å². The summed E-state index contributed by atoms with van der Waals surface area (Å²) in [7, 11) is 0. The third-order valence-electron chi connectivity index (χ3n) is 2.19. The van der Waals surface area contributed by atoms with Gasteiger partial charge in [-0.05, 0) is 37.3 Å². The lowest BCUT2D eigenvalue weighted by molar-refractivity contribution is 0.225. The Kier molecular flexibility index (Phi) is 5.63. The minimum Gasteiger partial charge on any atom is -0.489 e. The maximum Gasteiger partial charge on any atom is 0.127 e. The molecule has 1 aromatic carbocycles. The van der Waals surface area contributed by atoms with Crippen LogP contribution in [-0.2, 0) is 6.42 Å². The molecule has 0 bridgehead atoms. The van der Waals surface area contributed by atoms with Gasteiger partial charge in [0, 0.05) is 12.6 Å². The van der Waals surface area contributed by atoms with E-state index in [0.29, 0.717) is 5.75 Å². The van der Waals surface area contributed by atoms with Crippen molar-refractivity contribution in [2.75, 3.05) is 12.8 Å². The van der Waals surface area contributed by atoms with Crippen molar-refractivity contribution in [2.24, 2.45) is 0 Å². The van der Waals surface area contributed by atoms with E-state index in [0.717, 1.165) is 18.5 Å². The van der Waals surface area contributed by atoms with Gasteiger partial charge in [-0.15, -0.1) is 0 Å². The van der Waals surface area contributed by atoms with E-state index in [1.54, 1.807) is 11.9 Å². The number of rotatable bonds is 6. The predicted octanol–water partition coefficient (Wildman–Crippen LogP) is 3.02. The van der Waals surface area contributed by atoms with E-state index < -0.39 is 0 Å². The molecule has 0 aromatic heterocycles. The molecule has 2 nitrogen and oxygen atoms in total. The van der Waals surface area contributed by atoms with Gasteiger partial charge in [0.1, 0.15) is 17.7 Å². The van der Waals surface area contributed by atoms with Crippen LogP contribution in [0.3, 0.4) is 0 Å². The molecule has 0 spiro atoms. The van der Waals surface area contributed by atoms with Crippen LogP contribution in [0.2, 0.25) is 0 Å². The van der Waals surface area contributed by atoms with Gasteiger partial charge in [0.25, 0.3) is 0 Å². The summed E-state index contributed by atoms with van der Waals surface area (Å²) in [4.78, 5) is 0. The van der Waals surface area contributed by atoms with Crippen LogP contribution < -0.4 is 9.46 Å². The largest absolute Gasteiger partial charge is 0.489 e. The van der Waals surface area contributed by atoms with Crippen molar-refractivity contribution in [3.63, 3.8) is 0 Å². The van der Waals surface area contributed by atoms with Crippen LogP contribution in [0.5, 0.6) is 5.75 Å². The second-order valence-electron chi connectivity index (χ2n) is 3.63. The summed E-state index contributed by atoms with van der Waals surface area (Å²) >= 11 is 1.55. The Hall–Kier alpha value is -0.740. The molecular formula is C12H18FNOS. The first kappa shape index (κ1) is 13.3. The van der Waals surface area contributed by atoms with Gasteiger partial charge < -0.3 is 4.74 Å². The SMILES string of the molecule is CCc1cc(F)cc(O[C@H](C)CNSC)c1. The van der Waals surface area contributed by atoms with Crippen molar-refractivity contribution in [3.05, 3.63) is 29.6 Å². The molecule has 1 aromatic rings. The predicted molar refractivity (Wildman–Crippen MR) is 67.4 cm³/mol. The molecule has 1 atom stereocenters. The molecule has 0 saturated heterocycles. The van der Waals surface area contributed by atoms with E-state index in [9.17, 15) is 4.39 Å². The highest BCUT2D eigenvalue weighted by Crippen LogP contribution is 2.18. The maximum atomic E-state index is 13.2. The minimum atomic E-state index is -0.237. The van der Waals surface area contributed by atoms with Gasteiger partial charge in [-0.25, -0.2) is 4.39 Å². The van der Waals surface area contributed by atoms with E-state index in [2.05, 4.69) is 4.72 Å². The smallest absolute Gasteiger partial charge is 0.127 e. The summed E-state index contributed by atoms with van der Waals surface area (Å²) in [6.07, 6.45) is 2.80. The fraction of sp³-hybridized carbons (Fsp3) is 0.500. The summed E-state index contributed by atoms with van der Waals surface area (Å²) in [6, 6.07) is 4.85. The molecule has 0 aliphatic heterocycles. The Balaban J connectivity index is 2.61. The van der Waals surface area contributed by atoms with E-state index in [4.69, 9.17) is 4.74 Å². The van der Waals surface area contributed by atoms with Crippen molar-refractivity contribution >= 4 is 11.9 Å². The molecule has 90 valence electrons. The standard InChI is InChI=1S/C12H18FNOS/c1-4-10-5-11(13)7-12(6-10)15-9(2)8-14-16-3/h5-7,9,14H,4,8H2,1-3H3/t9-/m1/s1. The maximum absolute atomic E-state index is 13.2. The molecule has 0 aliphatic rings. The number of halogens is 1. The topological polar surface area (TPSA) is 21.3 Å². The molecule has 16 heavy (non-hydrogen) atoms. The monoisotopic (exact) mass is 243 g/mol. The van der Waals surface area contributed by atoms with Gasteiger partial charge in [-0.1, -0.05) is 18.9 Å². The van der Waals surface area contributed by atoms with Crippen molar-refractivity contribution in [1.29, 1.82) is 0 Å². The molecule has 0 amide bonds. The van der Waals surface area contributed by atoms with E-state index in [1.807, 2.05) is 26.2 Å². The summed E-state index contributed by atoms with van der Waals surface area (Å²) in [5.41, 5.74) is 0.958. The Labute approximate surface area is 101 Å². The number of hydrogen-bond acceptors (Lipinski definition) is 3. The number of benzene rings is 1. The van der Waals surface area contributed by atoms with Gasteiger partial charge in [-0.2, -0.15) is 0 Å². The van der Waals surface area contributed by atoms with Crippen molar-refractivity contribution < 1.29 is 9.13 Å². The lowest BCUT2D eigenvalue weighted by Gasteiger charge is -2.15. The first-order valence-electron chi connectivity index (χ1n) is 5.37. The van der Waals surface area contributed by atoms with Crippen LogP contribution in [0.15, 0.2) is 18.2 Å². The second kappa shape index (κ2) is 6.76. The zero-order valence-corrected chi connectivity index (χ0v) is 10.7. The van der Waals surface area contributed by atoms with Crippen LogP contribution in [0, 0.1) is 5.82 Å². The highest BCUT2D eigenvalue weighted by molar-refractivity contribution is 7.96. The number of aryl methyl sites for hydroxylation is 1. The molecule has 1 rings (SSSR count). The first-order chi connectivity index (χ1) is 7.65. The molecular weight excluding hydrogens is 225 g/mol. The normalized spacial score (nSPS) is 12.5. The molecule has 0 fully saturated rings. The number of hydrogen-bond donors (Lipinski definition) is 1. The molecule has 0 radical (unpaired) electrons. The summed E-state index contributed by atoms with van der Waals surface area (Å²) < 4.78 is 22.0. The van der Waals surface area contributed by atoms with Crippen LogP contribution in [0.1, 0.15) is 19.4 Å². The molecule has 1 N–H and O–H groups in total. The summed E-state index contributed by atoms with van der Waals surface area (Å²) in [5.74, 6) is 0.367. The van der Waals surface area contributed by atoms with Crippen LogP contribution in [0.25, 0.3) is 0 Å². The summed E-state index contributed by atoms with van der Waals surface area (Å²) in [6.45, 7) is 4.69. The Morgan fingerprint density at radius 1 is 1.44 bits per heavy atom. The van der Waals surface area contributed by atoms with Gasteiger partial charge in [-0.3, -0.25) is 4.72 Å².